The van der Waals surface area contributed by atoms with Crippen LogP contribution < -0.4 is 20.5 Å². The van der Waals surface area contributed by atoms with E-state index in [1.807, 2.05) is 25.1 Å². The molecule has 8 nitrogen and oxygen atoms in total. The van der Waals surface area contributed by atoms with Gasteiger partial charge in [0.15, 0.2) is 11.5 Å². The number of nitrogen functional groups attached to an aromatic ring is 1. The van der Waals surface area contributed by atoms with Gasteiger partial charge in [-0.25, -0.2) is 4.98 Å². The van der Waals surface area contributed by atoms with Gasteiger partial charge >= 0.3 is 0 Å². The molecule has 1 unspecified atom stereocenters. The Hall–Kier alpha value is -2.87. The summed E-state index contributed by atoms with van der Waals surface area (Å²) in [5.41, 5.74) is 7.59. The Morgan fingerprint density at radius 1 is 1.13 bits per heavy atom. The molecule has 2 aromatic rings. The molecule has 0 spiro atoms. The molecule has 1 fully saturated rings. The zero-order valence-electron chi connectivity index (χ0n) is 17.0. The number of aromatic nitrogens is 2. The summed E-state index contributed by atoms with van der Waals surface area (Å²) in [5, 5.41) is 13.1. The van der Waals surface area contributed by atoms with E-state index in [4.69, 9.17) is 15.2 Å². The molecule has 5 rings (SSSR count). The van der Waals surface area contributed by atoms with E-state index in [1.165, 1.54) is 0 Å². The van der Waals surface area contributed by atoms with Crippen molar-refractivity contribution in [2.45, 2.75) is 50.5 Å². The number of anilines is 2. The normalized spacial score (nSPS) is 27.9. The quantitative estimate of drug-likeness (QED) is 0.694. The molecule has 0 bridgehead atoms. The second-order valence-corrected chi connectivity index (χ2v) is 8.46. The first-order valence-electron chi connectivity index (χ1n) is 10.5. The lowest BCUT2D eigenvalue weighted by Gasteiger charge is -2.45. The highest BCUT2D eigenvalue weighted by Gasteiger charge is 2.51. The number of carbonyl (C=O) groups excluding carboxylic acids is 1. The topological polar surface area (TPSA) is 120 Å². The molecule has 1 amide bonds. The van der Waals surface area contributed by atoms with E-state index >= 15 is 0 Å². The van der Waals surface area contributed by atoms with Crippen molar-refractivity contribution in [1.82, 2.24) is 9.97 Å². The van der Waals surface area contributed by atoms with E-state index in [1.54, 1.807) is 0 Å². The molecule has 1 aromatic carbocycles. The van der Waals surface area contributed by atoms with Crippen LogP contribution in [-0.4, -0.2) is 40.3 Å². The summed E-state index contributed by atoms with van der Waals surface area (Å²) < 4.78 is 11.5. The maximum absolute atomic E-state index is 13.7. The first kappa shape index (κ1) is 19.1. The standard InChI is InChI=1S/C22H26N4O4/c1-12-16-11-22(13-2-5-15(27)6-3-13,20(28)25-19(16)26-21(23)24-12)14-4-7-17-18(10-14)30-9-8-29-17/h4,7,10,13,15,27H,2-3,5-6,8-9,11H2,1H3,(H3,23,24,25,26,28). The van der Waals surface area contributed by atoms with Gasteiger partial charge in [-0.15, -0.1) is 0 Å². The molecule has 30 heavy (non-hydrogen) atoms. The number of aryl methyl sites for hydroxylation is 1. The molecule has 1 aliphatic carbocycles. The second-order valence-electron chi connectivity index (χ2n) is 8.46. The number of rotatable bonds is 2. The van der Waals surface area contributed by atoms with Crippen molar-refractivity contribution in [2.24, 2.45) is 5.92 Å². The number of hydrogen-bond acceptors (Lipinski definition) is 7. The van der Waals surface area contributed by atoms with Crippen LogP contribution in [0.3, 0.4) is 0 Å². The molecule has 4 N–H and O–H groups in total. The Morgan fingerprint density at radius 2 is 1.87 bits per heavy atom. The molecule has 0 radical (unpaired) electrons. The third kappa shape index (κ3) is 2.98. The van der Waals surface area contributed by atoms with E-state index in [2.05, 4.69) is 15.3 Å². The van der Waals surface area contributed by atoms with E-state index in [-0.39, 0.29) is 23.9 Å². The Morgan fingerprint density at radius 3 is 2.63 bits per heavy atom. The Balaban J connectivity index is 1.65. The highest BCUT2D eigenvalue weighted by atomic mass is 16.6. The summed E-state index contributed by atoms with van der Waals surface area (Å²) in [4.78, 5) is 22.3. The number of nitrogens with two attached hydrogens (primary N) is 1. The SMILES string of the molecule is Cc1nc(N)nc2c1CC(c1ccc3c(c1)OCCO3)(C1CCC(O)CC1)C(=O)N2. The van der Waals surface area contributed by atoms with E-state index in [9.17, 15) is 9.90 Å². The minimum Gasteiger partial charge on any atom is -0.486 e. The summed E-state index contributed by atoms with van der Waals surface area (Å²) in [5.74, 6) is 1.99. The predicted molar refractivity (Wildman–Crippen MR) is 111 cm³/mol. The van der Waals surface area contributed by atoms with Gasteiger partial charge in [-0.2, -0.15) is 4.98 Å². The van der Waals surface area contributed by atoms with Crippen LogP contribution >= 0.6 is 0 Å². The highest BCUT2D eigenvalue weighted by Crippen LogP contribution is 2.49. The number of ether oxygens (including phenoxy) is 2. The minimum atomic E-state index is -0.798. The maximum Gasteiger partial charge on any atom is 0.236 e. The highest BCUT2D eigenvalue weighted by molar-refractivity contribution is 6.02. The number of nitrogens with zero attached hydrogens (tertiary/aromatic N) is 2. The number of amides is 1. The van der Waals surface area contributed by atoms with Crippen molar-refractivity contribution in [3.05, 3.63) is 35.0 Å². The smallest absolute Gasteiger partial charge is 0.236 e. The van der Waals surface area contributed by atoms with Crippen LogP contribution in [0.15, 0.2) is 18.2 Å². The van der Waals surface area contributed by atoms with Crippen molar-refractivity contribution < 1.29 is 19.4 Å². The maximum atomic E-state index is 13.7. The zero-order valence-corrected chi connectivity index (χ0v) is 17.0. The fourth-order valence-corrected chi connectivity index (χ4v) is 5.20. The third-order valence-electron chi connectivity index (χ3n) is 6.77. The van der Waals surface area contributed by atoms with E-state index < -0.39 is 5.41 Å². The molecule has 1 saturated carbocycles. The van der Waals surface area contributed by atoms with Gasteiger partial charge in [0.25, 0.3) is 0 Å². The van der Waals surface area contributed by atoms with Crippen molar-refractivity contribution in [2.75, 3.05) is 24.3 Å². The van der Waals surface area contributed by atoms with Gasteiger partial charge in [0.2, 0.25) is 11.9 Å². The Kier molecular flexibility index (Phi) is 4.54. The lowest BCUT2D eigenvalue weighted by Crippen LogP contribution is -2.52. The number of aliphatic hydroxyl groups is 1. The van der Waals surface area contributed by atoms with Crippen LogP contribution in [0.5, 0.6) is 11.5 Å². The molecular weight excluding hydrogens is 384 g/mol. The molecule has 3 aliphatic rings. The summed E-state index contributed by atoms with van der Waals surface area (Å²) in [6.45, 7) is 2.90. The largest absolute Gasteiger partial charge is 0.486 e. The number of hydrogen-bond donors (Lipinski definition) is 3. The van der Waals surface area contributed by atoms with Crippen molar-refractivity contribution in [3.63, 3.8) is 0 Å². The molecule has 1 aromatic heterocycles. The molecule has 3 heterocycles. The van der Waals surface area contributed by atoms with Crippen LogP contribution in [0.25, 0.3) is 0 Å². The van der Waals surface area contributed by atoms with Gasteiger partial charge in [-0.1, -0.05) is 6.07 Å². The van der Waals surface area contributed by atoms with Crippen LogP contribution in [0.2, 0.25) is 0 Å². The fourth-order valence-electron chi connectivity index (χ4n) is 5.20. The van der Waals surface area contributed by atoms with Gasteiger partial charge in [0.1, 0.15) is 19.0 Å². The van der Waals surface area contributed by atoms with Gasteiger partial charge < -0.3 is 25.6 Å². The number of nitrogens with one attached hydrogen (secondary N) is 1. The molecule has 0 saturated heterocycles. The Bertz CT molecular complexity index is 1000. The predicted octanol–water partition coefficient (Wildman–Crippen LogP) is 2.12. The van der Waals surface area contributed by atoms with Gasteiger partial charge in [0.05, 0.1) is 11.5 Å². The first-order chi connectivity index (χ1) is 14.5. The Labute approximate surface area is 174 Å². The number of benzene rings is 1. The monoisotopic (exact) mass is 410 g/mol. The summed E-state index contributed by atoms with van der Waals surface area (Å²) in [7, 11) is 0. The van der Waals surface area contributed by atoms with Gasteiger partial charge in [0, 0.05) is 11.3 Å². The lowest BCUT2D eigenvalue weighted by atomic mass is 9.60. The first-order valence-corrected chi connectivity index (χ1v) is 10.5. The summed E-state index contributed by atoms with van der Waals surface area (Å²) >= 11 is 0. The summed E-state index contributed by atoms with van der Waals surface area (Å²) in [6, 6.07) is 5.80. The molecule has 8 heteroatoms. The van der Waals surface area contributed by atoms with Crippen LogP contribution in [0.1, 0.15) is 42.5 Å². The van der Waals surface area contributed by atoms with Crippen molar-refractivity contribution >= 4 is 17.7 Å². The van der Waals surface area contributed by atoms with E-state index in [0.717, 1.165) is 29.7 Å². The van der Waals surface area contributed by atoms with Crippen molar-refractivity contribution in [3.8, 4) is 11.5 Å². The van der Waals surface area contributed by atoms with Crippen LogP contribution in [-0.2, 0) is 16.6 Å². The molecular formula is C22H26N4O4. The molecule has 158 valence electrons. The minimum absolute atomic E-state index is 0.0774. The molecule has 2 aliphatic heterocycles. The van der Waals surface area contributed by atoms with Gasteiger partial charge in [-0.05, 0) is 62.6 Å². The molecule has 1 atom stereocenters. The van der Waals surface area contributed by atoms with Crippen LogP contribution in [0, 0.1) is 12.8 Å². The summed E-state index contributed by atoms with van der Waals surface area (Å²) in [6.07, 6.45) is 3.10. The number of carbonyl (C=O) groups is 1. The average molecular weight is 410 g/mol. The van der Waals surface area contributed by atoms with Gasteiger partial charge in [-0.3, -0.25) is 4.79 Å². The lowest BCUT2D eigenvalue weighted by molar-refractivity contribution is -0.125. The number of aliphatic hydroxyl groups excluding tert-OH is 1. The third-order valence-corrected chi connectivity index (χ3v) is 6.77. The van der Waals surface area contributed by atoms with Crippen molar-refractivity contribution in [1.29, 1.82) is 0 Å². The zero-order chi connectivity index (χ0) is 20.9. The fraction of sp³-hybridized carbons (Fsp3) is 0.500. The number of fused-ring (bicyclic) bond motifs is 2. The average Bonchev–Trinajstić information content (AvgIpc) is 2.74. The second kappa shape index (κ2) is 7.12. The van der Waals surface area contributed by atoms with E-state index in [0.29, 0.717) is 49.8 Å². The van der Waals surface area contributed by atoms with Crippen LogP contribution in [0.4, 0.5) is 11.8 Å².